The van der Waals surface area contributed by atoms with Crippen molar-refractivity contribution in [3.05, 3.63) is 53.7 Å². The van der Waals surface area contributed by atoms with E-state index in [0.29, 0.717) is 0 Å². The molecule has 80 valence electrons. The van der Waals surface area contributed by atoms with Crippen LogP contribution in [0.2, 0.25) is 0 Å². The van der Waals surface area contributed by atoms with E-state index in [1.165, 1.54) is 21.3 Å². The van der Waals surface area contributed by atoms with Crippen LogP contribution in [0.3, 0.4) is 0 Å². The summed E-state index contributed by atoms with van der Waals surface area (Å²) in [5.74, 6) is 0. The van der Waals surface area contributed by atoms with Gasteiger partial charge >= 0.3 is 0 Å². The number of hydrogen-bond acceptors (Lipinski definition) is 2. The summed E-state index contributed by atoms with van der Waals surface area (Å²) < 4.78 is 1.34. The maximum absolute atomic E-state index is 3.41. The average molecular weight is 228 g/mol. The third kappa shape index (κ3) is 1.82. The van der Waals surface area contributed by atoms with Crippen molar-refractivity contribution in [1.82, 2.24) is 4.98 Å². The molecule has 2 aromatic heterocycles. The van der Waals surface area contributed by atoms with E-state index in [1.54, 1.807) is 11.3 Å². The second-order valence-corrected chi connectivity index (χ2v) is 4.69. The Morgan fingerprint density at radius 2 is 2.19 bits per heavy atom. The molecule has 2 N–H and O–H groups in total. The van der Waals surface area contributed by atoms with Crippen LogP contribution < -0.4 is 5.32 Å². The van der Waals surface area contributed by atoms with Crippen molar-refractivity contribution in [2.75, 3.05) is 5.32 Å². The minimum Gasteiger partial charge on any atom is -0.381 e. The minimum absolute atomic E-state index is 0.860. The first-order chi connectivity index (χ1) is 7.92. The summed E-state index contributed by atoms with van der Waals surface area (Å²) >= 11 is 1.78. The molecule has 3 heteroatoms. The minimum atomic E-state index is 0.860. The van der Waals surface area contributed by atoms with Crippen LogP contribution >= 0.6 is 11.3 Å². The van der Waals surface area contributed by atoms with Gasteiger partial charge < -0.3 is 10.3 Å². The molecule has 0 unspecified atom stereocenters. The van der Waals surface area contributed by atoms with E-state index in [4.69, 9.17) is 0 Å². The van der Waals surface area contributed by atoms with Gasteiger partial charge in [-0.3, -0.25) is 0 Å². The second-order valence-electron chi connectivity index (χ2n) is 3.75. The van der Waals surface area contributed by atoms with Crippen molar-refractivity contribution in [2.45, 2.75) is 6.54 Å². The van der Waals surface area contributed by atoms with Crippen molar-refractivity contribution in [1.29, 1.82) is 0 Å². The van der Waals surface area contributed by atoms with Crippen molar-refractivity contribution >= 4 is 27.1 Å². The first-order valence-corrected chi connectivity index (χ1v) is 6.12. The molecule has 3 aromatic rings. The van der Waals surface area contributed by atoms with Crippen molar-refractivity contribution in [2.24, 2.45) is 0 Å². The molecule has 2 heterocycles. The van der Waals surface area contributed by atoms with Crippen LogP contribution in [0.4, 0.5) is 5.69 Å². The van der Waals surface area contributed by atoms with Gasteiger partial charge in [-0.15, -0.1) is 11.3 Å². The lowest BCUT2D eigenvalue weighted by molar-refractivity contribution is 1.15. The fourth-order valence-electron chi connectivity index (χ4n) is 1.75. The van der Waals surface area contributed by atoms with Crippen LogP contribution in [0.25, 0.3) is 10.1 Å². The lowest BCUT2D eigenvalue weighted by Crippen LogP contribution is -1.97. The molecule has 0 amide bonds. The molecule has 0 saturated heterocycles. The Labute approximate surface area is 97.9 Å². The zero-order valence-corrected chi connectivity index (χ0v) is 9.55. The largest absolute Gasteiger partial charge is 0.381 e. The highest BCUT2D eigenvalue weighted by Crippen LogP contribution is 2.24. The SMILES string of the molecule is c1cc(CNc2ccc3sccc3c2)c[nH]1. The van der Waals surface area contributed by atoms with Crippen LogP contribution in [-0.4, -0.2) is 4.98 Å². The van der Waals surface area contributed by atoms with Gasteiger partial charge in [0.05, 0.1) is 0 Å². The lowest BCUT2D eigenvalue weighted by Gasteiger charge is -2.04. The van der Waals surface area contributed by atoms with Gasteiger partial charge in [0.2, 0.25) is 0 Å². The Balaban J connectivity index is 1.78. The zero-order chi connectivity index (χ0) is 10.8. The molecule has 0 fully saturated rings. The van der Waals surface area contributed by atoms with E-state index in [2.05, 4.69) is 46.0 Å². The summed E-state index contributed by atoms with van der Waals surface area (Å²) in [5, 5.41) is 6.85. The number of benzene rings is 1. The fraction of sp³-hybridized carbons (Fsp3) is 0.0769. The summed E-state index contributed by atoms with van der Waals surface area (Å²) in [4.78, 5) is 3.05. The van der Waals surface area contributed by atoms with E-state index in [9.17, 15) is 0 Å². The number of aromatic amines is 1. The Morgan fingerprint density at radius 3 is 3.06 bits per heavy atom. The highest BCUT2D eigenvalue weighted by atomic mass is 32.1. The Bertz CT molecular complexity index is 581. The Hall–Kier alpha value is -1.74. The van der Waals surface area contributed by atoms with Crippen LogP contribution in [0.5, 0.6) is 0 Å². The van der Waals surface area contributed by atoms with Crippen LogP contribution in [0.15, 0.2) is 48.1 Å². The first kappa shape index (κ1) is 9.48. The van der Waals surface area contributed by atoms with E-state index in [1.807, 2.05) is 12.4 Å². The monoisotopic (exact) mass is 228 g/mol. The molecule has 1 aromatic carbocycles. The van der Waals surface area contributed by atoms with Crippen molar-refractivity contribution < 1.29 is 0 Å². The summed E-state index contributed by atoms with van der Waals surface area (Å²) in [7, 11) is 0. The molecule has 0 radical (unpaired) electrons. The van der Waals surface area contributed by atoms with Gasteiger partial charge in [-0.2, -0.15) is 0 Å². The van der Waals surface area contributed by atoms with Gasteiger partial charge in [-0.1, -0.05) is 0 Å². The quantitative estimate of drug-likeness (QED) is 0.700. The van der Waals surface area contributed by atoms with E-state index in [-0.39, 0.29) is 0 Å². The van der Waals surface area contributed by atoms with Crippen LogP contribution in [0.1, 0.15) is 5.56 Å². The van der Waals surface area contributed by atoms with Gasteiger partial charge in [-0.25, -0.2) is 0 Å². The number of hydrogen-bond donors (Lipinski definition) is 2. The van der Waals surface area contributed by atoms with E-state index < -0.39 is 0 Å². The normalized spacial score (nSPS) is 10.8. The highest BCUT2D eigenvalue weighted by molar-refractivity contribution is 7.17. The van der Waals surface area contributed by atoms with Gasteiger partial charge in [0.15, 0.2) is 0 Å². The van der Waals surface area contributed by atoms with Gasteiger partial charge in [0.25, 0.3) is 0 Å². The number of nitrogens with one attached hydrogen (secondary N) is 2. The molecule has 2 nitrogen and oxygen atoms in total. The Kier molecular flexibility index (Phi) is 2.38. The average Bonchev–Trinajstić information content (AvgIpc) is 2.97. The third-order valence-electron chi connectivity index (χ3n) is 2.61. The topological polar surface area (TPSA) is 27.8 Å². The van der Waals surface area contributed by atoms with Gasteiger partial charge in [0.1, 0.15) is 0 Å². The van der Waals surface area contributed by atoms with Gasteiger partial charge in [0, 0.05) is 29.3 Å². The van der Waals surface area contributed by atoms with Crippen molar-refractivity contribution in [3.63, 3.8) is 0 Å². The van der Waals surface area contributed by atoms with Gasteiger partial charge in [-0.05, 0) is 46.7 Å². The van der Waals surface area contributed by atoms with E-state index in [0.717, 1.165) is 6.54 Å². The third-order valence-corrected chi connectivity index (χ3v) is 3.51. The molecule has 0 aliphatic carbocycles. The fourth-order valence-corrected chi connectivity index (χ4v) is 2.52. The molecule has 0 saturated carbocycles. The maximum Gasteiger partial charge on any atom is 0.0415 e. The number of rotatable bonds is 3. The predicted molar refractivity (Wildman–Crippen MR) is 69.9 cm³/mol. The smallest absolute Gasteiger partial charge is 0.0415 e. The molecule has 0 spiro atoms. The summed E-state index contributed by atoms with van der Waals surface area (Å²) in [6.45, 7) is 0.860. The molecular weight excluding hydrogens is 216 g/mol. The number of aromatic nitrogens is 1. The molecular formula is C13H12N2S. The number of anilines is 1. The highest BCUT2D eigenvalue weighted by Gasteiger charge is 1.97. The molecule has 3 rings (SSSR count). The number of fused-ring (bicyclic) bond motifs is 1. The Morgan fingerprint density at radius 1 is 1.19 bits per heavy atom. The molecule has 0 bridgehead atoms. The molecule has 0 aliphatic heterocycles. The molecule has 0 aliphatic rings. The molecule has 0 atom stereocenters. The summed E-state index contributed by atoms with van der Waals surface area (Å²) in [5.41, 5.74) is 2.44. The zero-order valence-electron chi connectivity index (χ0n) is 8.73. The van der Waals surface area contributed by atoms with E-state index >= 15 is 0 Å². The standard InChI is InChI=1S/C13H12N2S/c1-2-13-11(4-6-16-13)7-12(1)15-9-10-3-5-14-8-10/h1-8,14-15H,9H2. The maximum atomic E-state index is 3.41. The van der Waals surface area contributed by atoms with Crippen molar-refractivity contribution in [3.8, 4) is 0 Å². The summed E-state index contributed by atoms with van der Waals surface area (Å²) in [6.07, 6.45) is 3.95. The molecule has 16 heavy (non-hydrogen) atoms. The summed E-state index contributed by atoms with van der Waals surface area (Å²) in [6, 6.07) is 10.7. The number of H-pyrrole nitrogens is 1. The second kappa shape index (κ2) is 4.02. The lowest BCUT2D eigenvalue weighted by atomic mass is 10.2. The predicted octanol–water partition coefficient (Wildman–Crippen LogP) is 3.84. The number of thiophene rings is 1. The van der Waals surface area contributed by atoms with Crippen LogP contribution in [-0.2, 0) is 6.54 Å². The van der Waals surface area contributed by atoms with Crippen LogP contribution in [0, 0.1) is 0 Å². The first-order valence-electron chi connectivity index (χ1n) is 5.25.